The molecule has 2 atom stereocenters. The van der Waals surface area contributed by atoms with Gasteiger partial charge < -0.3 is 34.7 Å². The number of nitro benzene ring substituents is 1. The Morgan fingerprint density at radius 2 is 1.91 bits per heavy atom. The number of ether oxygens (including phenoxy) is 4. The molecule has 0 spiro atoms. The van der Waals surface area contributed by atoms with Crippen molar-refractivity contribution >= 4 is 51.4 Å². The van der Waals surface area contributed by atoms with Crippen molar-refractivity contribution in [1.29, 1.82) is 0 Å². The number of aliphatic hydroxyl groups excluding tert-OH is 1. The molecule has 0 fully saturated rings. The third-order valence-electron chi connectivity index (χ3n) is 6.66. The summed E-state index contributed by atoms with van der Waals surface area (Å²) in [5, 5.41) is 30.9. The molecular weight excluding hydrogens is 702 g/mol. The second-order valence-corrected chi connectivity index (χ2v) is 11.2. The quantitative estimate of drug-likeness (QED) is 0.0572. The van der Waals surface area contributed by atoms with Crippen LogP contribution in [0.3, 0.4) is 0 Å². The smallest absolute Gasteiger partial charge is 0.337 e. The number of nitro groups is 1. The zero-order valence-electron chi connectivity index (χ0n) is 25.4. The summed E-state index contributed by atoms with van der Waals surface area (Å²) in [5.41, 5.74) is 5.07. The number of hydrogen-bond acceptors (Lipinski definition) is 11. The van der Waals surface area contributed by atoms with E-state index in [1.165, 1.54) is 25.5 Å². The summed E-state index contributed by atoms with van der Waals surface area (Å²) in [6.45, 7) is 3.65. The van der Waals surface area contributed by atoms with Gasteiger partial charge in [0, 0.05) is 17.8 Å². The summed E-state index contributed by atoms with van der Waals surface area (Å²) < 4.78 is 22.8. The third kappa shape index (κ3) is 9.12. The fraction of sp³-hybridized carbons (Fsp3) is 0.258. The maximum atomic E-state index is 12.4. The molecule has 14 nitrogen and oxygen atoms in total. The molecule has 4 N–H and O–H groups in total. The van der Waals surface area contributed by atoms with Crippen molar-refractivity contribution in [1.82, 2.24) is 16.1 Å². The van der Waals surface area contributed by atoms with Crippen LogP contribution in [0.4, 0.5) is 10.5 Å². The number of nitrogens with one attached hydrogen (secondary N) is 3. The van der Waals surface area contributed by atoms with Crippen LogP contribution in [-0.2, 0) is 16.1 Å². The number of rotatable bonds is 14. The number of allylic oxidation sites excluding steroid dienone is 1. The molecule has 0 aliphatic carbocycles. The van der Waals surface area contributed by atoms with Crippen LogP contribution in [0.1, 0.15) is 36.6 Å². The number of urea groups is 1. The molecule has 1 aliphatic heterocycles. The summed E-state index contributed by atoms with van der Waals surface area (Å²) in [5.74, 6) is 0.452. The number of non-ortho nitro benzene ring substituents is 1. The summed E-state index contributed by atoms with van der Waals surface area (Å²) in [6.07, 6.45) is 0.242. The molecule has 248 valence electrons. The first-order valence-electron chi connectivity index (χ1n) is 14.1. The first-order valence-corrected chi connectivity index (χ1v) is 15.3. The highest BCUT2D eigenvalue weighted by Crippen LogP contribution is 2.36. The molecule has 47 heavy (non-hydrogen) atoms. The van der Waals surface area contributed by atoms with Crippen molar-refractivity contribution in [2.24, 2.45) is 5.10 Å². The van der Waals surface area contributed by atoms with E-state index in [1.54, 1.807) is 56.3 Å². The SMILES string of the molecule is CCOc1cc([C@@H]2NC(=O)NC(C)=C2C(=O)OC)ccc1OC[C@H](O)N/N=C\c1cc(Cl)c(OCc2ccc([N+](=O)[O-])cc2)c(Br)c1. The molecule has 0 saturated heterocycles. The summed E-state index contributed by atoms with van der Waals surface area (Å²) in [4.78, 5) is 35.0. The topological polar surface area (TPSA) is 183 Å². The predicted octanol–water partition coefficient (Wildman–Crippen LogP) is 5.11. The van der Waals surface area contributed by atoms with E-state index < -0.39 is 29.2 Å². The lowest BCUT2D eigenvalue weighted by molar-refractivity contribution is -0.384. The minimum atomic E-state index is -1.20. The number of esters is 1. The Hall–Kier alpha value is -4.86. The van der Waals surface area contributed by atoms with E-state index >= 15 is 0 Å². The fourth-order valence-corrected chi connectivity index (χ4v) is 5.47. The zero-order valence-corrected chi connectivity index (χ0v) is 27.8. The van der Waals surface area contributed by atoms with E-state index in [0.29, 0.717) is 50.2 Å². The number of amides is 2. The van der Waals surface area contributed by atoms with Gasteiger partial charge in [-0.1, -0.05) is 17.7 Å². The van der Waals surface area contributed by atoms with Crippen LogP contribution in [0.5, 0.6) is 17.2 Å². The Labute approximate surface area is 283 Å². The van der Waals surface area contributed by atoms with E-state index in [9.17, 15) is 24.8 Å². The second-order valence-electron chi connectivity index (χ2n) is 9.94. The zero-order chi connectivity index (χ0) is 34.1. The molecule has 0 radical (unpaired) electrons. The summed E-state index contributed by atoms with van der Waals surface area (Å²) in [6, 6.07) is 13.0. The molecule has 0 aromatic heterocycles. The highest BCUT2D eigenvalue weighted by molar-refractivity contribution is 9.10. The van der Waals surface area contributed by atoms with Gasteiger partial charge in [0.2, 0.25) is 0 Å². The van der Waals surface area contributed by atoms with Gasteiger partial charge in [-0.15, -0.1) is 0 Å². The van der Waals surface area contributed by atoms with Gasteiger partial charge in [-0.2, -0.15) is 5.10 Å². The average molecular weight is 733 g/mol. The standard InChI is InChI=1S/C31H31BrClN5O9/c1-4-45-25-13-20(28-27(30(40)44-3)17(2)35-31(41)36-28)7-10-24(25)46-16-26(39)37-34-14-19-11-22(32)29(23(33)12-19)47-15-18-5-8-21(9-6-18)38(42)43/h5-14,26,28,37,39H,4,15-16H2,1-3H3,(H2,35,36,41)/b34-14-/t26-,28-/m0/s1. The van der Waals surface area contributed by atoms with Crippen molar-refractivity contribution in [3.8, 4) is 17.2 Å². The Morgan fingerprint density at radius 1 is 1.17 bits per heavy atom. The molecule has 3 aromatic carbocycles. The van der Waals surface area contributed by atoms with Crippen LogP contribution in [0, 0.1) is 10.1 Å². The number of nitrogens with zero attached hydrogens (tertiary/aromatic N) is 2. The van der Waals surface area contributed by atoms with Gasteiger partial charge in [-0.25, -0.2) is 9.59 Å². The molecular formula is C31H31BrClN5O9. The molecule has 4 rings (SSSR count). The number of carbonyl (C=O) groups is 2. The van der Waals surface area contributed by atoms with E-state index in [2.05, 4.69) is 37.1 Å². The van der Waals surface area contributed by atoms with E-state index in [1.807, 2.05) is 0 Å². The normalized spacial score (nSPS) is 15.0. The number of benzene rings is 3. The van der Waals surface area contributed by atoms with Crippen molar-refractivity contribution in [3.05, 3.63) is 102 Å². The highest BCUT2D eigenvalue weighted by atomic mass is 79.9. The number of aliphatic hydroxyl groups is 1. The number of hydrazone groups is 1. The van der Waals surface area contributed by atoms with E-state index in [0.717, 1.165) is 5.56 Å². The molecule has 0 bridgehead atoms. The molecule has 16 heteroatoms. The largest absolute Gasteiger partial charge is 0.490 e. The van der Waals surface area contributed by atoms with Gasteiger partial charge in [-0.05, 0) is 82.9 Å². The van der Waals surface area contributed by atoms with Gasteiger partial charge in [0.15, 0.2) is 23.5 Å². The third-order valence-corrected chi connectivity index (χ3v) is 7.53. The number of carbonyl (C=O) groups excluding carboxylic acids is 2. The maximum absolute atomic E-state index is 12.4. The molecule has 1 heterocycles. The van der Waals surface area contributed by atoms with Gasteiger partial charge in [0.1, 0.15) is 13.2 Å². The first kappa shape index (κ1) is 35.0. The van der Waals surface area contributed by atoms with Crippen molar-refractivity contribution < 1.29 is 38.6 Å². The van der Waals surface area contributed by atoms with Crippen molar-refractivity contribution in [2.75, 3.05) is 20.3 Å². The number of hydrogen-bond donors (Lipinski definition) is 4. The highest BCUT2D eigenvalue weighted by Gasteiger charge is 2.32. The van der Waals surface area contributed by atoms with Gasteiger partial charge in [-0.3, -0.25) is 15.5 Å². The predicted molar refractivity (Wildman–Crippen MR) is 176 cm³/mol. The van der Waals surface area contributed by atoms with Crippen molar-refractivity contribution in [3.63, 3.8) is 0 Å². The van der Waals surface area contributed by atoms with Crippen LogP contribution in [0.15, 0.2) is 75.4 Å². The Bertz CT molecular complexity index is 1680. The van der Waals surface area contributed by atoms with Crippen molar-refractivity contribution in [2.45, 2.75) is 32.7 Å². The number of methoxy groups -OCH3 is 1. The lowest BCUT2D eigenvalue weighted by Crippen LogP contribution is -2.45. The maximum Gasteiger partial charge on any atom is 0.337 e. The monoisotopic (exact) mass is 731 g/mol. The van der Waals surface area contributed by atoms with Gasteiger partial charge in [0.05, 0.1) is 46.0 Å². The lowest BCUT2D eigenvalue weighted by atomic mass is 9.95. The number of halogens is 2. The van der Waals surface area contributed by atoms with E-state index in [4.69, 9.17) is 30.5 Å². The lowest BCUT2D eigenvalue weighted by Gasteiger charge is -2.28. The Balaban J connectivity index is 1.36. The van der Waals surface area contributed by atoms with Crippen LogP contribution in [0.2, 0.25) is 5.02 Å². The fourth-order valence-electron chi connectivity index (χ4n) is 4.48. The Morgan fingerprint density at radius 3 is 2.57 bits per heavy atom. The Kier molecular flexibility index (Phi) is 12.0. The van der Waals surface area contributed by atoms with Crippen LogP contribution in [0.25, 0.3) is 0 Å². The minimum absolute atomic E-state index is 0.0131. The molecule has 0 unspecified atom stereocenters. The molecule has 1 aliphatic rings. The van der Waals surface area contributed by atoms with Crippen LogP contribution >= 0.6 is 27.5 Å². The average Bonchev–Trinajstić information content (AvgIpc) is 3.03. The summed E-state index contributed by atoms with van der Waals surface area (Å²) in [7, 11) is 1.26. The molecule has 2 amide bonds. The van der Waals surface area contributed by atoms with Crippen LogP contribution in [-0.4, -0.2) is 54.8 Å². The second kappa shape index (κ2) is 16.1. The van der Waals surface area contributed by atoms with E-state index in [-0.39, 0.29) is 24.5 Å². The molecule has 0 saturated carbocycles. The minimum Gasteiger partial charge on any atom is -0.490 e. The van der Waals surface area contributed by atoms with Gasteiger partial charge in [0.25, 0.3) is 5.69 Å². The summed E-state index contributed by atoms with van der Waals surface area (Å²) >= 11 is 9.85. The molecule has 3 aromatic rings. The first-order chi connectivity index (χ1) is 22.5. The van der Waals surface area contributed by atoms with Gasteiger partial charge >= 0.3 is 12.0 Å². The van der Waals surface area contributed by atoms with Crippen LogP contribution < -0.4 is 30.3 Å².